The largest absolute Gasteiger partial charge is 0.381 e. The lowest BCUT2D eigenvalue weighted by molar-refractivity contribution is -0.121. The Balaban J connectivity index is 2.20. The summed E-state index contributed by atoms with van der Waals surface area (Å²) in [6, 6.07) is -0.827. The smallest absolute Gasteiger partial charge is 0.321 e. The molecule has 0 aromatic carbocycles. The fourth-order valence-electron chi connectivity index (χ4n) is 1.83. The van der Waals surface area contributed by atoms with Crippen LogP contribution in [0, 0.1) is 5.92 Å². The molecule has 104 valence electrons. The maximum absolute atomic E-state index is 11.6. The third-order valence-corrected chi connectivity index (χ3v) is 2.93. The average Bonchev–Trinajstić information content (AvgIpc) is 2.37. The molecule has 6 nitrogen and oxygen atoms in total. The molecule has 6 heteroatoms. The lowest BCUT2D eigenvalue weighted by Gasteiger charge is -2.23. The van der Waals surface area contributed by atoms with Gasteiger partial charge in [-0.3, -0.25) is 10.1 Å². The van der Waals surface area contributed by atoms with E-state index in [0.29, 0.717) is 12.5 Å². The van der Waals surface area contributed by atoms with Gasteiger partial charge in [0.2, 0.25) is 5.91 Å². The minimum absolute atomic E-state index is 0.308. The lowest BCUT2D eigenvalue weighted by Crippen LogP contribution is -2.49. The van der Waals surface area contributed by atoms with Crippen LogP contribution < -0.4 is 16.0 Å². The van der Waals surface area contributed by atoms with E-state index >= 15 is 0 Å². The molecule has 1 aliphatic rings. The zero-order valence-electron chi connectivity index (χ0n) is 11.1. The summed E-state index contributed by atoms with van der Waals surface area (Å²) in [5.74, 6) is 0.149. The third-order valence-electron chi connectivity index (χ3n) is 2.93. The van der Waals surface area contributed by atoms with Crippen molar-refractivity contribution < 1.29 is 14.3 Å². The zero-order valence-corrected chi connectivity index (χ0v) is 11.1. The fraction of sp³-hybridized carbons (Fsp3) is 0.833. The quantitative estimate of drug-likeness (QED) is 0.659. The molecule has 2 unspecified atom stereocenters. The lowest BCUT2D eigenvalue weighted by atomic mass is 10.0. The number of urea groups is 1. The summed E-state index contributed by atoms with van der Waals surface area (Å²) in [4.78, 5) is 22.8. The van der Waals surface area contributed by atoms with Gasteiger partial charge in [0.1, 0.15) is 0 Å². The SMILES string of the molecule is CCNC(=O)NC(=O)C(C)NCC1CCCOC1. The van der Waals surface area contributed by atoms with Crippen LogP contribution in [0.4, 0.5) is 4.79 Å². The molecule has 1 heterocycles. The van der Waals surface area contributed by atoms with Crippen molar-refractivity contribution in [3.05, 3.63) is 0 Å². The first-order chi connectivity index (χ1) is 8.63. The van der Waals surface area contributed by atoms with Gasteiger partial charge in [-0.2, -0.15) is 0 Å². The maximum atomic E-state index is 11.6. The van der Waals surface area contributed by atoms with Gasteiger partial charge in [-0.25, -0.2) is 4.79 Å². The normalized spacial score (nSPS) is 21.1. The Morgan fingerprint density at radius 1 is 1.44 bits per heavy atom. The molecule has 0 saturated carbocycles. The van der Waals surface area contributed by atoms with E-state index in [1.807, 2.05) is 0 Å². The summed E-state index contributed by atoms with van der Waals surface area (Å²) < 4.78 is 5.37. The summed E-state index contributed by atoms with van der Waals surface area (Å²) in [7, 11) is 0. The summed E-state index contributed by atoms with van der Waals surface area (Å²) in [6.45, 7) is 6.37. The maximum Gasteiger partial charge on any atom is 0.321 e. The average molecular weight is 257 g/mol. The number of hydrogen-bond acceptors (Lipinski definition) is 4. The van der Waals surface area contributed by atoms with E-state index in [1.165, 1.54) is 0 Å². The van der Waals surface area contributed by atoms with Crippen LogP contribution in [0.3, 0.4) is 0 Å². The van der Waals surface area contributed by atoms with Crippen LogP contribution in [0.25, 0.3) is 0 Å². The van der Waals surface area contributed by atoms with Crippen molar-refractivity contribution in [2.45, 2.75) is 32.7 Å². The molecule has 0 aromatic heterocycles. The van der Waals surface area contributed by atoms with Crippen LogP contribution in [-0.2, 0) is 9.53 Å². The number of rotatable bonds is 5. The predicted octanol–water partition coefficient (Wildman–Crippen LogP) is 0.237. The summed E-state index contributed by atoms with van der Waals surface area (Å²) in [5, 5.41) is 7.93. The Morgan fingerprint density at radius 2 is 2.22 bits per heavy atom. The molecule has 3 N–H and O–H groups in total. The van der Waals surface area contributed by atoms with Gasteiger partial charge in [0.25, 0.3) is 0 Å². The fourth-order valence-corrected chi connectivity index (χ4v) is 1.83. The molecule has 1 rings (SSSR count). The van der Waals surface area contributed by atoms with E-state index in [1.54, 1.807) is 13.8 Å². The standard InChI is InChI=1S/C12H23N3O3/c1-3-13-12(17)15-11(16)9(2)14-7-10-5-4-6-18-8-10/h9-10,14H,3-8H2,1-2H3,(H2,13,15,16,17). The van der Waals surface area contributed by atoms with E-state index < -0.39 is 6.03 Å². The van der Waals surface area contributed by atoms with Crippen LogP contribution in [-0.4, -0.2) is 44.3 Å². The van der Waals surface area contributed by atoms with Gasteiger partial charge in [0, 0.05) is 19.7 Å². The van der Waals surface area contributed by atoms with Crippen molar-refractivity contribution in [2.75, 3.05) is 26.3 Å². The van der Waals surface area contributed by atoms with Crippen molar-refractivity contribution in [3.63, 3.8) is 0 Å². The zero-order chi connectivity index (χ0) is 13.4. The molecule has 0 bridgehead atoms. The molecular weight excluding hydrogens is 234 g/mol. The molecule has 1 fully saturated rings. The van der Waals surface area contributed by atoms with Crippen LogP contribution in [0.2, 0.25) is 0 Å². The Kier molecular flexibility index (Phi) is 6.67. The van der Waals surface area contributed by atoms with E-state index in [0.717, 1.165) is 32.6 Å². The van der Waals surface area contributed by atoms with Crippen LogP contribution in [0.5, 0.6) is 0 Å². The molecule has 1 aliphatic heterocycles. The Labute approximate surface area is 108 Å². The molecule has 18 heavy (non-hydrogen) atoms. The number of hydrogen-bond donors (Lipinski definition) is 3. The highest BCUT2D eigenvalue weighted by Gasteiger charge is 2.18. The van der Waals surface area contributed by atoms with Crippen LogP contribution >= 0.6 is 0 Å². The summed E-state index contributed by atoms with van der Waals surface area (Å²) >= 11 is 0. The number of carbonyl (C=O) groups is 2. The Bertz CT molecular complexity index is 278. The molecule has 2 atom stereocenters. The number of amides is 3. The molecular formula is C12H23N3O3. The second-order valence-corrected chi connectivity index (χ2v) is 4.56. The predicted molar refractivity (Wildman–Crippen MR) is 68.2 cm³/mol. The molecule has 0 aromatic rings. The second-order valence-electron chi connectivity index (χ2n) is 4.56. The number of ether oxygens (including phenoxy) is 1. The van der Waals surface area contributed by atoms with Gasteiger partial charge in [-0.15, -0.1) is 0 Å². The van der Waals surface area contributed by atoms with Crippen molar-refractivity contribution >= 4 is 11.9 Å². The minimum Gasteiger partial charge on any atom is -0.381 e. The third kappa shape index (κ3) is 5.46. The van der Waals surface area contributed by atoms with E-state index in [4.69, 9.17) is 4.74 Å². The van der Waals surface area contributed by atoms with E-state index in [2.05, 4.69) is 16.0 Å². The van der Waals surface area contributed by atoms with Crippen molar-refractivity contribution in [2.24, 2.45) is 5.92 Å². The molecule has 0 aliphatic carbocycles. The highest BCUT2D eigenvalue weighted by atomic mass is 16.5. The monoisotopic (exact) mass is 257 g/mol. The second kappa shape index (κ2) is 8.05. The molecule has 3 amide bonds. The first-order valence-corrected chi connectivity index (χ1v) is 6.53. The highest BCUT2D eigenvalue weighted by molar-refractivity contribution is 5.96. The number of nitrogens with one attached hydrogen (secondary N) is 3. The number of imide groups is 1. The van der Waals surface area contributed by atoms with Crippen molar-refractivity contribution in [3.8, 4) is 0 Å². The summed E-state index contributed by atoms with van der Waals surface area (Å²) in [6.07, 6.45) is 2.20. The van der Waals surface area contributed by atoms with Gasteiger partial charge in [-0.1, -0.05) is 0 Å². The minimum atomic E-state index is -0.447. The first kappa shape index (κ1) is 14.9. The topological polar surface area (TPSA) is 79.5 Å². The molecule has 0 spiro atoms. The molecule has 0 radical (unpaired) electrons. The van der Waals surface area contributed by atoms with E-state index in [9.17, 15) is 9.59 Å². The Hall–Kier alpha value is -1.14. The van der Waals surface area contributed by atoms with Crippen molar-refractivity contribution in [1.29, 1.82) is 0 Å². The van der Waals surface area contributed by atoms with Crippen LogP contribution in [0.1, 0.15) is 26.7 Å². The van der Waals surface area contributed by atoms with E-state index in [-0.39, 0.29) is 11.9 Å². The van der Waals surface area contributed by atoms with Gasteiger partial charge in [0.15, 0.2) is 0 Å². The van der Waals surface area contributed by atoms with Gasteiger partial charge < -0.3 is 15.4 Å². The Morgan fingerprint density at radius 3 is 2.83 bits per heavy atom. The summed E-state index contributed by atoms with van der Waals surface area (Å²) in [5.41, 5.74) is 0. The number of carbonyl (C=O) groups excluding carboxylic acids is 2. The first-order valence-electron chi connectivity index (χ1n) is 6.53. The van der Waals surface area contributed by atoms with Gasteiger partial charge >= 0.3 is 6.03 Å². The van der Waals surface area contributed by atoms with Gasteiger partial charge in [0.05, 0.1) is 12.6 Å². The van der Waals surface area contributed by atoms with Crippen molar-refractivity contribution in [1.82, 2.24) is 16.0 Å². The molecule has 1 saturated heterocycles. The highest BCUT2D eigenvalue weighted by Crippen LogP contribution is 2.12. The van der Waals surface area contributed by atoms with Crippen LogP contribution in [0.15, 0.2) is 0 Å². The van der Waals surface area contributed by atoms with Gasteiger partial charge in [-0.05, 0) is 32.6 Å².